The summed E-state index contributed by atoms with van der Waals surface area (Å²) < 4.78 is 10.4. The maximum atomic E-state index is 11.3. The molecule has 0 amide bonds. The number of benzene rings is 2. The van der Waals surface area contributed by atoms with Crippen LogP contribution < -0.4 is 14.8 Å². The van der Waals surface area contributed by atoms with E-state index in [-0.39, 0.29) is 18.2 Å². The fourth-order valence-corrected chi connectivity index (χ4v) is 2.36. The van der Waals surface area contributed by atoms with Crippen molar-refractivity contribution in [3.05, 3.63) is 48.3 Å². The van der Waals surface area contributed by atoms with Crippen LogP contribution in [0.2, 0.25) is 0 Å². The second kappa shape index (κ2) is 8.14. The second-order valence-corrected chi connectivity index (χ2v) is 5.15. The number of nitrogens with zero attached hydrogens (tertiary/aromatic N) is 3. The lowest BCUT2D eigenvalue weighted by Crippen LogP contribution is -2.04. The molecule has 1 aromatic heterocycles. The molecule has 0 bridgehead atoms. The Labute approximate surface area is 156 Å². The molecule has 3 rings (SSSR count). The molecule has 0 fully saturated rings. The van der Waals surface area contributed by atoms with E-state index in [9.17, 15) is 4.79 Å². The number of hydrogen-bond donors (Lipinski definition) is 1. The maximum absolute atomic E-state index is 11.3. The molecule has 3 aromatic rings. The van der Waals surface area contributed by atoms with Crippen molar-refractivity contribution in [1.29, 1.82) is 5.26 Å². The summed E-state index contributed by atoms with van der Waals surface area (Å²) in [6.07, 6.45) is 1.42. The minimum atomic E-state index is -0.453. The van der Waals surface area contributed by atoms with Crippen LogP contribution in [0.15, 0.2) is 42.7 Å². The number of anilines is 2. The molecule has 132 valence electrons. The second-order valence-electron chi connectivity index (χ2n) is 5.15. The Morgan fingerprint density at radius 2 is 2.00 bits per heavy atom. The summed E-state index contributed by atoms with van der Waals surface area (Å²) in [5, 5.41) is 12.8. The number of ether oxygens (including phenoxy) is 2. The lowest BCUT2D eigenvalue weighted by atomic mass is 10.2. The Balaban J connectivity index is 0.00000243. The van der Waals surface area contributed by atoms with Gasteiger partial charge in [0.25, 0.3) is 0 Å². The van der Waals surface area contributed by atoms with Gasteiger partial charge in [-0.3, -0.25) is 4.79 Å². The van der Waals surface area contributed by atoms with Gasteiger partial charge < -0.3 is 14.8 Å². The number of methoxy groups -OCH3 is 1. The predicted molar refractivity (Wildman–Crippen MR) is 99.1 cm³/mol. The van der Waals surface area contributed by atoms with Crippen LogP contribution in [0.4, 0.5) is 11.5 Å². The van der Waals surface area contributed by atoms with Gasteiger partial charge in [-0.25, -0.2) is 9.97 Å². The van der Waals surface area contributed by atoms with E-state index < -0.39 is 5.97 Å². The minimum absolute atomic E-state index is 0. The first-order chi connectivity index (χ1) is 12.1. The van der Waals surface area contributed by atoms with Gasteiger partial charge in [-0.15, -0.1) is 12.4 Å². The third-order valence-corrected chi connectivity index (χ3v) is 3.43. The number of rotatable bonds is 4. The number of halogens is 1. The van der Waals surface area contributed by atoms with Gasteiger partial charge in [-0.05, 0) is 24.3 Å². The van der Waals surface area contributed by atoms with Crippen molar-refractivity contribution >= 4 is 40.8 Å². The lowest BCUT2D eigenvalue weighted by Gasteiger charge is -2.12. The summed E-state index contributed by atoms with van der Waals surface area (Å²) >= 11 is 0. The number of nitriles is 1. The quantitative estimate of drug-likeness (QED) is 0.553. The smallest absolute Gasteiger partial charge is 0.308 e. The first-order valence-electron chi connectivity index (χ1n) is 7.39. The molecule has 26 heavy (non-hydrogen) atoms. The summed E-state index contributed by atoms with van der Waals surface area (Å²) in [6.45, 7) is 1.32. The molecule has 0 aliphatic rings. The first-order valence-corrected chi connectivity index (χ1v) is 7.39. The third kappa shape index (κ3) is 3.99. The van der Waals surface area contributed by atoms with Crippen LogP contribution in [-0.4, -0.2) is 23.0 Å². The van der Waals surface area contributed by atoms with Crippen LogP contribution >= 0.6 is 12.4 Å². The van der Waals surface area contributed by atoms with Crippen LogP contribution in [0, 0.1) is 11.3 Å². The largest absolute Gasteiger partial charge is 0.493 e. The van der Waals surface area contributed by atoms with E-state index in [0.717, 1.165) is 0 Å². The Kier molecular flexibility index (Phi) is 5.94. The van der Waals surface area contributed by atoms with Crippen molar-refractivity contribution in [3.8, 4) is 17.6 Å². The van der Waals surface area contributed by atoms with E-state index in [0.29, 0.717) is 33.7 Å². The molecule has 0 unspecified atom stereocenters. The topological polar surface area (TPSA) is 97.1 Å². The molecule has 0 saturated heterocycles. The molecule has 7 nitrogen and oxygen atoms in total. The highest BCUT2D eigenvalue weighted by Gasteiger charge is 2.13. The number of carbonyl (C=O) groups excluding carboxylic acids is 1. The number of hydrogen-bond acceptors (Lipinski definition) is 7. The number of nitrogens with one attached hydrogen (secondary N) is 1. The summed E-state index contributed by atoms with van der Waals surface area (Å²) in [5.74, 6) is 0.756. The highest BCUT2D eigenvalue weighted by Crippen LogP contribution is 2.34. The van der Waals surface area contributed by atoms with E-state index in [2.05, 4.69) is 21.4 Å². The number of carbonyl (C=O) groups is 1. The zero-order chi connectivity index (χ0) is 17.8. The molecular formula is C18H15ClN4O3. The van der Waals surface area contributed by atoms with E-state index in [1.54, 1.807) is 30.3 Å². The Bertz CT molecular complexity index is 1000. The molecule has 0 saturated carbocycles. The van der Waals surface area contributed by atoms with Gasteiger partial charge in [0.1, 0.15) is 12.1 Å². The summed E-state index contributed by atoms with van der Waals surface area (Å²) in [5.41, 5.74) is 1.87. The average Bonchev–Trinajstić information content (AvgIpc) is 2.61. The molecule has 0 aliphatic carbocycles. The molecule has 1 heterocycles. The zero-order valence-corrected chi connectivity index (χ0v) is 14.8. The minimum Gasteiger partial charge on any atom is -0.493 e. The van der Waals surface area contributed by atoms with E-state index in [4.69, 9.17) is 14.7 Å². The molecule has 8 heteroatoms. The molecular weight excluding hydrogens is 356 g/mol. The Morgan fingerprint density at radius 3 is 2.69 bits per heavy atom. The van der Waals surface area contributed by atoms with Crippen LogP contribution in [0.3, 0.4) is 0 Å². The Morgan fingerprint density at radius 1 is 1.19 bits per heavy atom. The fraction of sp³-hybridized carbons (Fsp3) is 0.111. The standard InChI is InChI=1S/C18H14N4O3.ClH/c1-11(23)25-17-7-14-15(8-16(17)24-2)20-10-21-18(14)22-13-5-3-4-12(6-13)9-19;/h3-8,10H,1-2H3,(H,20,21,22);1H. The molecule has 2 aromatic carbocycles. The molecule has 0 radical (unpaired) electrons. The van der Waals surface area contributed by atoms with Crippen molar-refractivity contribution in [2.24, 2.45) is 0 Å². The maximum Gasteiger partial charge on any atom is 0.308 e. The zero-order valence-electron chi connectivity index (χ0n) is 14.0. The fourth-order valence-electron chi connectivity index (χ4n) is 2.36. The summed E-state index contributed by atoms with van der Waals surface area (Å²) in [7, 11) is 1.49. The van der Waals surface area contributed by atoms with Gasteiger partial charge in [0.15, 0.2) is 11.5 Å². The predicted octanol–water partition coefficient (Wildman–Crippen LogP) is 3.60. The van der Waals surface area contributed by atoms with Crippen molar-refractivity contribution < 1.29 is 14.3 Å². The monoisotopic (exact) mass is 370 g/mol. The first kappa shape index (κ1) is 19.0. The van der Waals surface area contributed by atoms with Gasteiger partial charge in [0.05, 0.1) is 24.3 Å². The number of aromatic nitrogens is 2. The third-order valence-electron chi connectivity index (χ3n) is 3.43. The summed E-state index contributed by atoms with van der Waals surface area (Å²) in [4.78, 5) is 19.8. The highest BCUT2D eigenvalue weighted by molar-refractivity contribution is 5.93. The van der Waals surface area contributed by atoms with Crippen molar-refractivity contribution in [1.82, 2.24) is 9.97 Å². The van der Waals surface area contributed by atoms with Crippen LogP contribution in [0.1, 0.15) is 12.5 Å². The van der Waals surface area contributed by atoms with Crippen molar-refractivity contribution in [2.45, 2.75) is 6.92 Å². The highest BCUT2D eigenvalue weighted by atomic mass is 35.5. The van der Waals surface area contributed by atoms with E-state index in [1.165, 1.54) is 20.4 Å². The van der Waals surface area contributed by atoms with Crippen molar-refractivity contribution in [3.63, 3.8) is 0 Å². The van der Waals surface area contributed by atoms with Crippen molar-refractivity contribution in [2.75, 3.05) is 12.4 Å². The molecule has 1 N–H and O–H groups in total. The normalized spacial score (nSPS) is 9.73. The lowest BCUT2D eigenvalue weighted by molar-refractivity contribution is -0.132. The number of esters is 1. The van der Waals surface area contributed by atoms with Gasteiger partial charge in [0, 0.05) is 24.1 Å². The van der Waals surface area contributed by atoms with Crippen LogP contribution in [0.5, 0.6) is 11.5 Å². The average molecular weight is 371 g/mol. The van der Waals surface area contributed by atoms with Gasteiger partial charge in [-0.1, -0.05) is 6.07 Å². The van der Waals surface area contributed by atoms with Crippen LogP contribution in [0.25, 0.3) is 10.9 Å². The van der Waals surface area contributed by atoms with Crippen LogP contribution in [-0.2, 0) is 4.79 Å². The molecule has 0 aliphatic heterocycles. The number of fused-ring (bicyclic) bond motifs is 1. The molecule has 0 atom stereocenters. The van der Waals surface area contributed by atoms with Gasteiger partial charge >= 0.3 is 5.97 Å². The summed E-state index contributed by atoms with van der Waals surface area (Å²) in [6, 6.07) is 12.4. The van der Waals surface area contributed by atoms with Gasteiger partial charge in [-0.2, -0.15) is 5.26 Å². The van der Waals surface area contributed by atoms with Gasteiger partial charge in [0.2, 0.25) is 0 Å². The Hall–Kier alpha value is -3.37. The van der Waals surface area contributed by atoms with E-state index in [1.807, 2.05) is 6.07 Å². The van der Waals surface area contributed by atoms with E-state index >= 15 is 0 Å². The molecule has 0 spiro atoms. The SMILES string of the molecule is COc1cc2ncnc(Nc3cccc(C#N)c3)c2cc1OC(C)=O.Cl.